The smallest absolute Gasteiger partial charge is 0.241 e. The summed E-state index contributed by atoms with van der Waals surface area (Å²) in [6, 6.07) is 7.52. The van der Waals surface area contributed by atoms with Crippen molar-refractivity contribution in [2.24, 2.45) is 0 Å². The summed E-state index contributed by atoms with van der Waals surface area (Å²) in [4.78, 5) is 14.3. The molecular weight excluding hydrogens is 276 g/mol. The highest BCUT2D eigenvalue weighted by Crippen LogP contribution is 2.27. The Balaban J connectivity index is 2.19. The molecule has 0 radical (unpaired) electrons. The van der Waals surface area contributed by atoms with Gasteiger partial charge in [-0.3, -0.25) is 10.1 Å². The monoisotopic (exact) mass is 296 g/mol. The standard InChI is InChI=1S/C15H21ClN2O2/c1-3-4-13-15(19)18(9-10-20-2)14(17-13)11-5-7-12(16)8-6-11/h5-8,13-14,17H,3-4,9-10H2,1-2H3. The van der Waals surface area contributed by atoms with Gasteiger partial charge in [0.25, 0.3) is 0 Å². The predicted octanol–water partition coefficient (Wildman–Crippen LogP) is 2.59. The molecule has 1 aromatic rings. The van der Waals surface area contributed by atoms with Crippen LogP contribution in [0, 0.1) is 0 Å². The summed E-state index contributed by atoms with van der Waals surface area (Å²) in [7, 11) is 1.65. The molecule has 0 spiro atoms. The number of rotatable bonds is 6. The Morgan fingerprint density at radius 3 is 2.65 bits per heavy atom. The van der Waals surface area contributed by atoms with Gasteiger partial charge >= 0.3 is 0 Å². The number of ether oxygens (including phenoxy) is 1. The first kappa shape index (κ1) is 15.3. The Morgan fingerprint density at radius 2 is 2.05 bits per heavy atom. The van der Waals surface area contributed by atoms with Crippen molar-refractivity contribution >= 4 is 17.5 Å². The summed E-state index contributed by atoms with van der Waals surface area (Å²) >= 11 is 5.92. The predicted molar refractivity (Wildman–Crippen MR) is 79.6 cm³/mol. The first-order chi connectivity index (χ1) is 9.67. The zero-order valence-corrected chi connectivity index (χ0v) is 12.7. The number of carbonyl (C=O) groups is 1. The van der Waals surface area contributed by atoms with Crippen LogP contribution in [0.25, 0.3) is 0 Å². The van der Waals surface area contributed by atoms with Gasteiger partial charge in [0, 0.05) is 18.7 Å². The molecule has 1 amide bonds. The van der Waals surface area contributed by atoms with Crippen LogP contribution in [0.3, 0.4) is 0 Å². The lowest BCUT2D eigenvalue weighted by Gasteiger charge is -2.24. The zero-order valence-electron chi connectivity index (χ0n) is 11.9. The molecule has 4 nitrogen and oxygen atoms in total. The Morgan fingerprint density at radius 1 is 1.35 bits per heavy atom. The SMILES string of the molecule is CCCC1NC(c2ccc(Cl)cc2)N(CCOC)C1=O. The van der Waals surface area contributed by atoms with Gasteiger partial charge in [-0.25, -0.2) is 0 Å². The largest absolute Gasteiger partial charge is 0.383 e. The summed E-state index contributed by atoms with van der Waals surface area (Å²) in [6.07, 6.45) is 1.74. The summed E-state index contributed by atoms with van der Waals surface area (Å²) < 4.78 is 5.11. The van der Waals surface area contributed by atoms with Crippen LogP contribution in [-0.2, 0) is 9.53 Å². The Labute approximate surface area is 125 Å². The number of halogens is 1. The van der Waals surface area contributed by atoms with E-state index in [0.717, 1.165) is 18.4 Å². The van der Waals surface area contributed by atoms with Gasteiger partial charge in [-0.2, -0.15) is 0 Å². The van der Waals surface area contributed by atoms with Crippen LogP contribution in [0.4, 0.5) is 0 Å². The van der Waals surface area contributed by atoms with Gasteiger partial charge < -0.3 is 9.64 Å². The first-order valence-electron chi connectivity index (χ1n) is 6.98. The molecule has 1 saturated heterocycles. The van der Waals surface area contributed by atoms with Crippen molar-refractivity contribution in [2.75, 3.05) is 20.3 Å². The van der Waals surface area contributed by atoms with Crippen LogP contribution in [0.2, 0.25) is 5.02 Å². The van der Waals surface area contributed by atoms with Crippen molar-refractivity contribution in [3.8, 4) is 0 Å². The quantitative estimate of drug-likeness (QED) is 0.877. The maximum Gasteiger partial charge on any atom is 0.241 e. The lowest BCUT2D eigenvalue weighted by atomic mass is 10.1. The van der Waals surface area contributed by atoms with Gasteiger partial charge in [-0.1, -0.05) is 37.1 Å². The molecule has 1 aliphatic rings. The molecule has 2 rings (SSSR count). The van der Waals surface area contributed by atoms with Gasteiger partial charge in [0.05, 0.1) is 12.6 Å². The number of carbonyl (C=O) groups excluding carboxylic acids is 1. The summed E-state index contributed by atoms with van der Waals surface area (Å²) in [5.41, 5.74) is 1.05. The van der Waals surface area contributed by atoms with Crippen LogP contribution in [-0.4, -0.2) is 37.1 Å². The van der Waals surface area contributed by atoms with Crippen LogP contribution in [0.15, 0.2) is 24.3 Å². The molecule has 0 aromatic heterocycles. The van der Waals surface area contributed by atoms with Gasteiger partial charge in [-0.05, 0) is 24.1 Å². The second kappa shape index (κ2) is 7.07. The summed E-state index contributed by atoms with van der Waals surface area (Å²) in [6.45, 7) is 3.22. The summed E-state index contributed by atoms with van der Waals surface area (Å²) in [5.74, 6) is 0.156. The van der Waals surface area contributed by atoms with Gasteiger partial charge in [0.2, 0.25) is 5.91 Å². The molecule has 0 aliphatic carbocycles. The van der Waals surface area contributed by atoms with Crippen molar-refractivity contribution in [1.82, 2.24) is 10.2 Å². The van der Waals surface area contributed by atoms with Crippen molar-refractivity contribution < 1.29 is 9.53 Å². The molecule has 1 aliphatic heterocycles. The topological polar surface area (TPSA) is 41.6 Å². The molecular formula is C15H21ClN2O2. The van der Waals surface area contributed by atoms with Crippen molar-refractivity contribution in [1.29, 1.82) is 0 Å². The molecule has 0 saturated carbocycles. The summed E-state index contributed by atoms with van der Waals surface area (Å²) in [5, 5.41) is 4.11. The number of nitrogens with zero attached hydrogens (tertiary/aromatic N) is 1. The van der Waals surface area contributed by atoms with Gasteiger partial charge in [-0.15, -0.1) is 0 Å². The van der Waals surface area contributed by atoms with E-state index in [-0.39, 0.29) is 18.1 Å². The van der Waals surface area contributed by atoms with E-state index in [9.17, 15) is 4.79 Å². The number of hydrogen-bond acceptors (Lipinski definition) is 3. The molecule has 2 atom stereocenters. The van der Waals surface area contributed by atoms with Crippen LogP contribution in [0.1, 0.15) is 31.5 Å². The van der Waals surface area contributed by atoms with Crippen LogP contribution in [0.5, 0.6) is 0 Å². The average Bonchev–Trinajstić information content (AvgIpc) is 2.75. The third-order valence-corrected chi connectivity index (χ3v) is 3.80. The molecule has 1 fully saturated rings. The van der Waals surface area contributed by atoms with Crippen molar-refractivity contribution in [3.63, 3.8) is 0 Å². The molecule has 20 heavy (non-hydrogen) atoms. The van der Waals surface area contributed by atoms with Gasteiger partial charge in [0.15, 0.2) is 0 Å². The van der Waals surface area contributed by atoms with E-state index in [0.29, 0.717) is 18.2 Å². The Kier molecular flexibility index (Phi) is 5.40. The van der Waals surface area contributed by atoms with Crippen molar-refractivity contribution in [3.05, 3.63) is 34.9 Å². The first-order valence-corrected chi connectivity index (χ1v) is 7.36. The van der Waals surface area contributed by atoms with E-state index < -0.39 is 0 Å². The number of amides is 1. The molecule has 1 aromatic carbocycles. The second-order valence-corrected chi connectivity index (χ2v) is 5.42. The Bertz CT molecular complexity index is 450. The molecule has 1 heterocycles. The average molecular weight is 297 g/mol. The third-order valence-electron chi connectivity index (χ3n) is 3.55. The van der Waals surface area contributed by atoms with Gasteiger partial charge in [0.1, 0.15) is 6.17 Å². The highest BCUT2D eigenvalue weighted by Gasteiger charge is 2.38. The van der Waals surface area contributed by atoms with E-state index in [1.807, 2.05) is 29.2 Å². The molecule has 1 N–H and O–H groups in total. The lowest BCUT2D eigenvalue weighted by molar-refractivity contribution is -0.130. The van der Waals surface area contributed by atoms with E-state index in [1.165, 1.54) is 0 Å². The maximum atomic E-state index is 12.4. The third kappa shape index (κ3) is 3.32. The number of methoxy groups -OCH3 is 1. The number of benzene rings is 1. The maximum absolute atomic E-state index is 12.4. The second-order valence-electron chi connectivity index (χ2n) is 4.99. The van der Waals surface area contributed by atoms with Crippen LogP contribution >= 0.6 is 11.6 Å². The Hall–Kier alpha value is -1.10. The normalized spacial score (nSPS) is 22.6. The fraction of sp³-hybridized carbons (Fsp3) is 0.533. The van der Waals surface area contributed by atoms with E-state index >= 15 is 0 Å². The number of hydrogen-bond donors (Lipinski definition) is 1. The lowest BCUT2D eigenvalue weighted by Crippen LogP contribution is -2.33. The van der Waals surface area contributed by atoms with Crippen LogP contribution < -0.4 is 5.32 Å². The van der Waals surface area contributed by atoms with E-state index in [1.54, 1.807) is 7.11 Å². The zero-order chi connectivity index (χ0) is 14.5. The fourth-order valence-electron chi connectivity index (χ4n) is 2.52. The van der Waals surface area contributed by atoms with E-state index in [2.05, 4.69) is 12.2 Å². The van der Waals surface area contributed by atoms with E-state index in [4.69, 9.17) is 16.3 Å². The molecule has 5 heteroatoms. The molecule has 110 valence electrons. The minimum absolute atomic E-state index is 0.0912. The number of nitrogens with one attached hydrogen (secondary N) is 1. The molecule has 0 bridgehead atoms. The highest BCUT2D eigenvalue weighted by molar-refractivity contribution is 6.30. The molecule has 2 unspecified atom stereocenters. The van der Waals surface area contributed by atoms with Crippen molar-refractivity contribution in [2.45, 2.75) is 32.0 Å². The minimum atomic E-state index is -0.0995. The fourth-order valence-corrected chi connectivity index (χ4v) is 2.65. The highest BCUT2D eigenvalue weighted by atomic mass is 35.5. The minimum Gasteiger partial charge on any atom is -0.383 e.